The van der Waals surface area contributed by atoms with Crippen LogP contribution in [0.25, 0.3) is 0 Å². The van der Waals surface area contributed by atoms with Gasteiger partial charge in [0.1, 0.15) is 0 Å². The summed E-state index contributed by atoms with van der Waals surface area (Å²) in [5, 5.41) is 5.35. The highest BCUT2D eigenvalue weighted by Crippen LogP contribution is 2.27. The molecule has 32 heavy (non-hydrogen) atoms. The number of carbonyl (C=O) groups is 3. The smallest absolute Gasteiger partial charge is 0.311 e. The molecule has 3 aromatic carbocycles. The van der Waals surface area contributed by atoms with E-state index in [9.17, 15) is 14.4 Å². The van der Waals surface area contributed by atoms with Crippen molar-refractivity contribution in [2.24, 2.45) is 4.99 Å². The van der Waals surface area contributed by atoms with Crippen molar-refractivity contribution < 1.29 is 14.4 Å². The van der Waals surface area contributed by atoms with Crippen LogP contribution in [-0.2, 0) is 4.79 Å². The molecule has 1 aliphatic heterocycles. The van der Waals surface area contributed by atoms with Crippen LogP contribution >= 0.6 is 0 Å². The van der Waals surface area contributed by atoms with Crippen LogP contribution in [0.4, 0.5) is 16.2 Å². The van der Waals surface area contributed by atoms with Gasteiger partial charge in [-0.2, -0.15) is 0 Å². The van der Waals surface area contributed by atoms with Gasteiger partial charge in [0.15, 0.2) is 5.78 Å². The predicted molar refractivity (Wildman–Crippen MR) is 124 cm³/mol. The molecule has 2 N–H and O–H groups in total. The molecule has 3 amide bonds. The third kappa shape index (κ3) is 4.27. The van der Waals surface area contributed by atoms with Crippen LogP contribution in [0.3, 0.4) is 0 Å². The van der Waals surface area contributed by atoms with Crippen molar-refractivity contribution in [3.63, 3.8) is 0 Å². The van der Waals surface area contributed by atoms with Gasteiger partial charge in [-0.25, -0.2) is 9.79 Å². The molecular weight excluding hydrogens is 404 g/mol. The molecule has 7 nitrogen and oxygen atoms in total. The maximum absolute atomic E-state index is 13.1. The Hall–Kier alpha value is -4.26. The molecule has 1 unspecified atom stereocenters. The highest BCUT2D eigenvalue weighted by atomic mass is 16.2. The number of ketones is 1. The van der Waals surface area contributed by atoms with Crippen molar-refractivity contribution in [3.8, 4) is 0 Å². The first-order valence-electron chi connectivity index (χ1n) is 10.1. The van der Waals surface area contributed by atoms with Crippen molar-refractivity contribution in [2.75, 3.05) is 17.3 Å². The van der Waals surface area contributed by atoms with Gasteiger partial charge in [-0.15, -0.1) is 0 Å². The second kappa shape index (κ2) is 8.85. The molecule has 0 aromatic heterocycles. The summed E-state index contributed by atoms with van der Waals surface area (Å²) < 4.78 is 0. The van der Waals surface area contributed by atoms with Crippen molar-refractivity contribution >= 4 is 34.8 Å². The number of benzodiazepines with no additional fused rings is 1. The molecule has 0 spiro atoms. The molecule has 1 aliphatic rings. The third-order valence-corrected chi connectivity index (χ3v) is 5.21. The van der Waals surface area contributed by atoms with Gasteiger partial charge in [-0.3, -0.25) is 9.59 Å². The number of amides is 3. The van der Waals surface area contributed by atoms with E-state index in [2.05, 4.69) is 15.6 Å². The van der Waals surface area contributed by atoms with Gasteiger partial charge in [0.2, 0.25) is 6.17 Å². The second-order valence-corrected chi connectivity index (χ2v) is 7.39. The van der Waals surface area contributed by atoms with Crippen LogP contribution in [0.1, 0.15) is 28.4 Å². The Bertz CT molecular complexity index is 1200. The van der Waals surface area contributed by atoms with E-state index in [1.807, 2.05) is 54.6 Å². The van der Waals surface area contributed by atoms with Crippen LogP contribution in [0.15, 0.2) is 83.9 Å². The number of carbonyl (C=O) groups excluding carboxylic acids is 3. The number of hydrogen-bond donors (Lipinski definition) is 2. The number of likely N-dealkylation sites (N-methyl/N-ethyl adjacent to an activating group) is 1. The first kappa shape index (κ1) is 21.0. The number of nitrogens with one attached hydrogen (secondary N) is 2. The van der Waals surface area contributed by atoms with Gasteiger partial charge in [0.25, 0.3) is 5.91 Å². The summed E-state index contributed by atoms with van der Waals surface area (Å²) in [6.07, 6.45) is -1.11. The van der Waals surface area contributed by atoms with E-state index in [-0.39, 0.29) is 11.7 Å². The largest absolute Gasteiger partial charge is 0.321 e. The average molecular weight is 426 g/mol. The van der Waals surface area contributed by atoms with E-state index in [1.54, 1.807) is 31.3 Å². The van der Waals surface area contributed by atoms with Crippen molar-refractivity contribution in [3.05, 3.63) is 95.6 Å². The van der Waals surface area contributed by atoms with Crippen LogP contribution in [-0.4, -0.2) is 36.6 Å². The van der Waals surface area contributed by atoms with E-state index in [0.29, 0.717) is 22.6 Å². The summed E-state index contributed by atoms with van der Waals surface area (Å²) in [5.74, 6) is -0.416. The maximum Gasteiger partial charge on any atom is 0.321 e. The molecule has 0 saturated carbocycles. The zero-order valence-corrected chi connectivity index (χ0v) is 17.7. The van der Waals surface area contributed by atoms with E-state index in [4.69, 9.17) is 0 Å². The lowest BCUT2D eigenvalue weighted by Crippen LogP contribution is -2.47. The Balaban J connectivity index is 1.63. The number of aliphatic imine (C=N–C) groups is 1. The fraction of sp³-hybridized carbons (Fsp3) is 0.120. The lowest BCUT2D eigenvalue weighted by molar-refractivity contribution is -0.119. The molecule has 0 bridgehead atoms. The molecule has 4 rings (SSSR count). The molecule has 1 atom stereocenters. The molecule has 0 saturated heterocycles. The van der Waals surface area contributed by atoms with Gasteiger partial charge in [0, 0.05) is 29.4 Å². The van der Waals surface area contributed by atoms with Gasteiger partial charge < -0.3 is 15.5 Å². The van der Waals surface area contributed by atoms with Gasteiger partial charge in [-0.05, 0) is 37.3 Å². The molecule has 160 valence electrons. The highest BCUT2D eigenvalue weighted by Gasteiger charge is 2.30. The Morgan fingerprint density at radius 1 is 0.906 bits per heavy atom. The van der Waals surface area contributed by atoms with Gasteiger partial charge in [0.05, 0.1) is 11.4 Å². The van der Waals surface area contributed by atoms with E-state index in [0.717, 1.165) is 11.1 Å². The Kier molecular flexibility index (Phi) is 5.81. The first-order valence-corrected chi connectivity index (χ1v) is 10.1. The Morgan fingerprint density at radius 2 is 1.56 bits per heavy atom. The summed E-state index contributed by atoms with van der Waals surface area (Å²) in [6, 6.07) is 23.0. The number of para-hydroxylation sites is 1. The SMILES string of the molecule is CC(=O)c1ccc(NC(=O)NC2N=C(c3ccccc3)c3ccccc3N(C)C2=O)cc1. The molecule has 0 fully saturated rings. The van der Waals surface area contributed by atoms with E-state index < -0.39 is 12.2 Å². The first-order chi connectivity index (χ1) is 15.4. The molecule has 1 heterocycles. The molecule has 7 heteroatoms. The summed E-state index contributed by atoms with van der Waals surface area (Å²) >= 11 is 0. The third-order valence-electron chi connectivity index (χ3n) is 5.21. The Morgan fingerprint density at radius 3 is 2.25 bits per heavy atom. The predicted octanol–water partition coefficient (Wildman–Crippen LogP) is 3.85. The number of anilines is 2. The average Bonchev–Trinajstić information content (AvgIpc) is 2.91. The number of urea groups is 1. The maximum atomic E-state index is 13.1. The van der Waals surface area contributed by atoms with Crippen molar-refractivity contribution in [1.82, 2.24) is 5.32 Å². The summed E-state index contributed by atoms with van der Waals surface area (Å²) in [7, 11) is 1.66. The van der Waals surface area contributed by atoms with Gasteiger partial charge in [-0.1, -0.05) is 48.5 Å². The van der Waals surface area contributed by atoms with E-state index >= 15 is 0 Å². The fourth-order valence-electron chi connectivity index (χ4n) is 3.52. The van der Waals surface area contributed by atoms with Crippen LogP contribution in [0, 0.1) is 0 Å². The number of nitrogens with zero attached hydrogens (tertiary/aromatic N) is 2. The lowest BCUT2D eigenvalue weighted by atomic mass is 10.0. The number of Topliss-reactive ketones (excluding diaryl/α,β-unsaturated/α-hetero) is 1. The molecular formula is C25H22N4O3. The highest BCUT2D eigenvalue weighted by molar-refractivity contribution is 6.20. The number of fused-ring (bicyclic) bond motifs is 1. The van der Waals surface area contributed by atoms with Crippen molar-refractivity contribution in [1.29, 1.82) is 0 Å². The van der Waals surface area contributed by atoms with E-state index in [1.165, 1.54) is 11.8 Å². The molecule has 3 aromatic rings. The van der Waals surface area contributed by atoms with Crippen LogP contribution in [0.5, 0.6) is 0 Å². The number of benzene rings is 3. The molecule has 0 aliphatic carbocycles. The number of hydrogen-bond acceptors (Lipinski definition) is 4. The summed E-state index contributed by atoms with van der Waals surface area (Å²) in [5.41, 5.74) is 4.03. The standard InChI is InChI=1S/C25H22N4O3/c1-16(30)17-12-14-19(15-13-17)26-25(32)28-23-24(31)29(2)21-11-7-6-10-20(21)22(27-23)18-8-4-3-5-9-18/h3-15,23H,1-2H3,(H2,26,28,32). The minimum atomic E-state index is -1.11. The topological polar surface area (TPSA) is 90.9 Å². The Labute approximate surface area is 185 Å². The quantitative estimate of drug-likeness (QED) is 0.621. The monoisotopic (exact) mass is 426 g/mol. The fourth-order valence-corrected chi connectivity index (χ4v) is 3.52. The zero-order valence-electron chi connectivity index (χ0n) is 17.7. The number of rotatable bonds is 4. The second-order valence-electron chi connectivity index (χ2n) is 7.39. The summed E-state index contributed by atoms with van der Waals surface area (Å²) in [4.78, 5) is 43.4. The van der Waals surface area contributed by atoms with Crippen LogP contribution in [0.2, 0.25) is 0 Å². The van der Waals surface area contributed by atoms with Crippen molar-refractivity contribution in [2.45, 2.75) is 13.1 Å². The van der Waals surface area contributed by atoms with Crippen LogP contribution < -0.4 is 15.5 Å². The minimum absolute atomic E-state index is 0.0598. The molecule has 0 radical (unpaired) electrons. The normalized spacial score (nSPS) is 15.3. The summed E-state index contributed by atoms with van der Waals surface area (Å²) in [6.45, 7) is 1.48. The van der Waals surface area contributed by atoms with Gasteiger partial charge >= 0.3 is 6.03 Å². The zero-order chi connectivity index (χ0) is 22.7. The lowest BCUT2D eigenvalue weighted by Gasteiger charge is -2.21. The minimum Gasteiger partial charge on any atom is -0.311 e.